The molecule has 0 aromatic carbocycles. The van der Waals surface area contributed by atoms with Gasteiger partial charge in [-0.1, -0.05) is 0 Å². The van der Waals surface area contributed by atoms with Gasteiger partial charge in [-0.3, -0.25) is 9.48 Å². The van der Waals surface area contributed by atoms with Crippen molar-refractivity contribution < 1.29 is 0 Å². The Bertz CT molecular complexity index is 446. The number of hydrogen-bond acceptors (Lipinski definition) is 3. The van der Waals surface area contributed by atoms with Gasteiger partial charge in [0, 0.05) is 24.7 Å². The number of hydrogen-bond donors (Lipinski definition) is 0. The second-order valence-corrected chi connectivity index (χ2v) is 2.85. The van der Waals surface area contributed by atoms with Crippen molar-refractivity contribution in [3.63, 3.8) is 0 Å². The zero-order valence-electron chi connectivity index (χ0n) is 7.58. The van der Waals surface area contributed by atoms with Gasteiger partial charge in [0.05, 0.1) is 13.1 Å². The molecule has 0 radical (unpaired) electrons. The van der Waals surface area contributed by atoms with Crippen LogP contribution in [0.5, 0.6) is 0 Å². The molecule has 0 bridgehead atoms. The summed E-state index contributed by atoms with van der Waals surface area (Å²) in [5.74, 6) is 0. The largest absolute Gasteiger partial charge is 0.271 e. The average Bonchev–Trinajstić information content (AvgIpc) is 2.69. The van der Waals surface area contributed by atoms with Crippen LogP contribution in [0, 0.1) is 0 Å². The van der Waals surface area contributed by atoms with E-state index in [2.05, 4.69) is 10.2 Å². The van der Waals surface area contributed by atoms with Gasteiger partial charge in [-0.05, 0) is 12.1 Å². The van der Waals surface area contributed by atoms with Crippen LogP contribution in [0.15, 0.2) is 41.6 Å². The summed E-state index contributed by atoms with van der Waals surface area (Å²) >= 11 is 0. The summed E-state index contributed by atoms with van der Waals surface area (Å²) < 4.78 is 3.18. The molecule has 5 nitrogen and oxygen atoms in total. The first-order chi connectivity index (χ1) is 6.86. The molecule has 0 aliphatic rings. The quantitative estimate of drug-likeness (QED) is 0.691. The summed E-state index contributed by atoms with van der Waals surface area (Å²) in [7, 11) is 0. The first kappa shape index (κ1) is 8.68. The normalized spacial score (nSPS) is 10.3. The van der Waals surface area contributed by atoms with Crippen molar-refractivity contribution in [3.8, 4) is 0 Å². The standard InChI is InChI=1S/C9H10N4O/c14-9-3-1-4-11-13(9)8-7-12-6-2-5-10-12/h1-6H,7-8H2. The molecule has 0 saturated heterocycles. The van der Waals surface area contributed by atoms with Gasteiger partial charge in [0.25, 0.3) is 5.56 Å². The van der Waals surface area contributed by atoms with Crippen molar-refractivity contribution in [2.45, 2.75) is 13.1 Å². The molecule has 0 fully saturated rings. The minimum absolute atomic E-state index is 0.0837. The van der Waals surface area contributed by atoms with Gasteiger partial charge in [-0.2, -0.15) is 10.2 Å². The Morgan fingerprint density at radius 1 is 1.14 bits per heavy atom. The van der Waals surface area contributed by atoms with Crippen LogP contribution in [-0.2, 0) is 13.1 Å². The van der Waals surface area contributed by atoms with Crippen molar-refractivity contribution in [1.29, 1.82) is 0 Å². The second kappa shape index (κ2) is 3.87. The summed E-state index contributed by atoms with van der Waals surface area (Å²) in [5, 5.41) is 7.98. The Kier molecular flexibility index (Phi) is 2.40. The number of aromatic nitrogens is 4. The highest BCUT2D eigenvalue weighted by Gasteiger charge is 1.95. The first-order valence-electron chi connectivity index (χ1n) is 4.36. The van der Waals surface area contributed by atoms with Gasteiger partial charge in [0.15, 0.2) is 0 Å². The van der Waals surface area contributed by atoms with E-state index in [4.69, 9.17) is 0 Å². The molecule has 0 amide bonds. The summed E-state index contributed by atoms with van der Waals surface area (Å²) in [6, 6.07) is 4.98. The Hall–Kier alpha value is -1.91. The van der Waals surface area contributed by atoms with E-state index in [-0.39, 0.29) is 5.56 Å². The summed E-state index contributed by atoms with van der Waals surface area (Å²) in [4.78, 5) is 11.2. The zero-order valence-corrected chi connectivity index (χ0v) is 7.58. The number of aryl methyl sites for hydroxylation is 2. The fourth-order valence-corrected chi connectivity index (χ4v) is 1.19. The summed E-state index contributed by atoms with van der Waals surface area (Å²) in [6.45, 7) is 1.20. The lowest BCUT2D eigenvalue weighted by molar-refractivity contribution is 0.482. The molecule has 2 rings (SSSR count). The van der Waals surface area contributed by atoms with Crippen molar-refractivity contribution in [3.05, 3.63) is 47.1 Å². The van der Waals surface area contributed by atoms with E-state index < -0.39 is 0 Å². The van der Waals surface area contributed by atoms with E-state index >= 15 is 0 Å². The lowest BCUT2D eigenvalue weighted by atomic mass is 10.5. The molecule has 0 saturated carbocycles. The molecule has 2 heterocycles. The van der Waals surface area contributed by atoms with Crippen LogP contribution in [0.3, 0.4) is 0 Å². The van der Waals surface area contributed by atoms with Crippen LogP contribution in [0.2, 0.25) is 0 Å². The third-order valence-electron chi connectivity index (χ3n) is 1.89. The fourth-order valence-electron chi connectivity index (χ4n) is 1.19. The molecule has 0 aliphatic heterocycles. The van der Waals surface area contributed by atoms with E-state index in [1.807, 2.05) is 12.3 Å². The van der Waals surface area contributed by atoms with E-state index in [1.54, 1.807) is 23.1 Å². The van der Waals surface area contributed by atoms with Crippen molar-refractivity contribution in [1.82, 2.24) is 19.6 Å². The zero-order chi connectivity index (χ0) is 9.80. The summed E-state index contributed by atoms with van der Waals surface area (Å²) in [5.41, 5.74) is -0.0837. The van der Waals surface area contributed by atoms with Crippen LogP contribution < -0.4 is 5.56 Å². The maximum atomic E-state index is 11.2. The molecule has 72 valence electrons. The monoisotopic (exact) mass is 190 g/mol. The molecule has 0 unspecified atom stereocenters. The fraction of sp³-hybridized carbons (Fsp3) is 0.222. The van der Waals surface area contributed by atoms with Gasteiger partial charge in [0.1, 0.15) is 0 Å². The number of nitrogens with zero attached hydrogens (tertiary/aromatic N) is 4. The third-order valence-corrected chi connectivity index (χ3v) is 1.89. The van der Waals surface area contributed by atoms with Crippen molar-refractivity contribution in [2.75, 3.05) is 0 Å². The van der Waals surface area contributed by atoms with E-state index in [9.17, 15) is 4.79 Å². The van der Waals surface area contributed by atoms with Crippen LogP contribution in [0.1, 0.15) is 0 Å². The molecule has 5 heteroatoms. The van der Waals surface area contributed by atoms with Gasteiger partial charge < -0.3 is 0 Å². The lowest BCUT2D eigenvalue weighted by Gasteiger charge is -2.02. The Morgan fingerprint density at radius 3 is 2.71 bits per heavy atom. The van der Waals surface area contributed by atoms with Crippen LogP contribution >= 0.6 is 0 Å². The predicted octanol–water partition coefficient (Wildman–Crippen LogP) is 0.140. The highest BCUT2D eigenvalue weighted by Crippen LogP contribution is 1.86. The number of rotatable bonds is 3. The molecule has 0 spiro atoms. The van der Waals surface area contributed by atoms with E-state index in [0.29, 0.717) is 13.1 Å². The molecule has 2 aromatic rings. The Labute approximate surface area is 80.6 Å². The molecular weight excluding hydrogens is 180 g/mol. The average molecular weight is 190 g/mol. The van der Waals surface area contributed by atoms with E-state index in [0.717, 1.165) is 0 Å². The molecule has 0 N–H and O–H groups in total. The van der Waals surface area contributed by atoms with Crippen LogP contribution in [0.4, 0.5) is 0 Å². The smallest absolute Gasteiger partial charge is 0.266 e. The predicted molar refractivity (Wildman–Crippen MR) is 50.7 cm³/mol. The van der Waals surface area contributed by atoms with Crippen molar-refractivity contribution >= 4 is 0 Å². The van der Waals surface area contributed by atoms with Gasteiger partial charge in [-0.15, -0.1) is 0 Å². The van der Waals surface area contributed by atoms with Gasteiger partial charge in [0.2, 0.25) is 0 Å². The second-order valence-electron chi connectivity index (χ2n) is 2.85. The third kappa shape index (κ3) is 1.87. The molecule has 2 aromatic heterocycles. The highest BCUT2D eigenvalue weighted by atomic mass is 16.1. The van der Waals surface area contributed by atoms with Crippen LogP contribution in [-0.4, -0.2) is 19.6 Å². The minimum Gasteiger partial charge on any atom is -0.271 e. The van der Waals surface area contributed by atoms with Crippen molar-refractivity contribution in [2.24, 2.45) is 0 Å². The topological polar surface area (TPSA) is 52.7 Å². The molecule has 0 atom stereocenters. The van der Waals surface area contributed by atoms with Crippen LogP contribution in [0.25, 0.3) is 0 Å². The maximum Gasteiger partial charge on any atom is 0.266 e. The van der Waals surface area contributed by atoms with Gasteiger partial charge in [-0.25, -0.2) is 4.68 Å². The van der Waals surface area contributed by atoms with E-state index in [1.165, 1.54) is 10.7 Å². The first-order valence-corrected chi connectivity index (χ1v) is 4.36. The molecular formula is C9H10N4O. The molecule has 14 heavy (non-hydrogen) atoms. The summed E-state index contributed by atoms with van der Waals surface area (Å²) in [6.07, 6.45) is 5.17. The SMILES string of the molecule is O=c1cccnn1CCn1cccn1. The highest BCUT2D eigenvalue weighted by molar-refractivity contribution is 4.84. The van der Waals surface area contributed by atoms with Gasteiger partial charge >= 0.3 is 0 Å². The Morgan fingerprint density at radius 2 is 2.00 bits per heavy atom. The maximum absolute atomic E-state index is 11.2. The Balaban J connectivity index is 2.06. The molecule has 0 aliphatic carbocycles. The minimum atomic E-state index is -0.0837. The lowest BCUT2D eigenvalue weighted by Crippen LogP contribution is -2.23.